The number of aromatic nitrogens is 1. The van der Waals surface area contributed by atoms with Crippen molar-refractivity contribution in [3.8, 4) is 11.8 Å². The van der Waals surface area contributed by atoms with Crippen LogP contribution in [0.15, 0.2) is 28.6 Å². The second kappa shape index (κ2) is 6.90. The standard InChI is InChI=1S/C20H20F3N3OS/c1-12-25-14(11-28-12)7-5-13-6-8-16(21)15(9-13)19(4)20(22,23)18(2,3)27-10-17(24)26-19/h6,8-9,11H,10H2,1-4H3,(H2,24,26). The molecular formula is C20H20F3N3OS. The highest BCUT2D eigenvalue weighted by molar-refractivity contribution is 7.09. The number of ether oxygens (including phenoxy) is 1. The van der Waals surface area contributed by atoms with Crippen molar-refractivity contribution in [2.75, 3.05) is 6.61 Å². The fourth-order valence-electron chi connectivity index (χ4n) is 3.08. The van der Waals surface area contributed by atoms with Gasteiger partial charge in [0.15, 0.2) is 5.54 Å². The van der Waals surface area contributed by atoms with Crippen molar-refractivity contribution >= 4 is 17.2 Å². The highest BCUT2D eigenvalue weighted by Crippen LogP contribution is 2.50. The SMILES string of the molecule is Cc1nc(C#Cc2ccc(F)c(C3(C)N=C(N)COC(C)(C)C3(F)F)c2)cs1. The molecule has 1 atom stereocenters. The van der Waals surface area contributed by atoms with Gasteiger partial charge in [-0.1, -0.05) is 5.92 Å². The van der Waals surface area contributed by atoms with Gasteiger partial charge in [0.2, 0.25) is 0 Å². The lowest BCUT2D eigenvalue weighted by molar-refractivity contribution is -0.214. The number of aryl methyl sites for hydroxylation is 1. The molecule has 0 aliphatic carbocycles. The van der Waals surface area contributed by atoms with Crippen LogP contribution in [0, 0.1) is 24.6 Å². The summed E-state index contributed by atoms with van der Waals surface area (Å²) < 4.78 is 50.8. The first-order chi connectivity index (χ1) is 13.0. The van der Waals surface area contributed by atoms with Gasteiger partial charge < -0.3 is 10.5 Å². The van der Waals surface area contributed by atoms with Crippen LogP contribution in [-0.4, -0.2) is 29.0 Å². The van der Waals surface area contributed by atoms with Gasteiger partial charge in [0, 0.05) is 16.5 Å². The molecule has 0 spiro atoms. The first kappa shape index (κ1) is 20.4. The van der Waals surface area contributed by atoms with Crippen LogP contribution < -0.4 is 5.73 Å². The molecule has 0 fully saturated rings. The summed E-state index contributed by atoms with van der Waals surface area (Å²) in [5.74, 6) is 1.22. The van der Waals surface area contributed by atoms with Crippen LogP contribution in [0.5, 0.6) is 0 Å². The van der Waals surface area contributed by atoms with Gasteiger partial charge in [-0.05, 0) is 51.8 Å². The van der Waals surface area contributed by atoms with E-state index in [0.717, 1.165) is 18.0 Å². The summed E-state index contributed by atoms with van der Waals surface area (Å²) in [6.07, 6.45) is 0. The maximum atomic E-state index is 15.4. The van der Waals surface area contributed by atoms with Crippen LogP contribution in [0.4, 0.5) is 13.2 Å². The topological polar surface area (TPSA) is 60.5 Å². The normalized spacial score (nSPS) is 23.3. The maximum Gasteiger partial charge on any atom is 0.304 e. The van der Waals surface area contributed by atoms with E-state index in [4.69, 9.17) is 10.5 Å². The molecule has 2 N–H and O–H groups in total. The third kappa shape index (κ3) is 3.40. The van der Waals surface area contributed by atoms with Gasteiger partial charge in [-0.15, -0.1) is 11.3 Å². The molecule has 1 aromatic heterocycles. The Kier molecular flexibility index (Phi) is 5.02. The summed E-state index contributed by atoms with van der Waals surface area (Å²) in [4.78, 5) is 8.20. The molecule has 3 rings (SSSR count). The number of rotatable bonds is 1. The molecule has 0 amide bonds. The van der Waals surface area contributed by atoms with Gasteiger partial charge >= 0.3 is 5.92 Å². The highest BCUT2D eigenvalue weighted by Gasteiger charge is 2.63. The number of thiazole rings is 1. The molecule has 1 aliphatic rings. The Morgan fingerprint density at radius 2 is 1.93 bits per heavy atom. The second-order valence-electron chi connectivity index (χ2n) is 7.25. The van der Waals surface area contributed by atoms with Crippen LogP contribution in [0.3, 0.4) is 0 Å². The Morgan fingerprint density at radius 3 is 2.57 bits per heavy atom. The molecule has 0 saturated heterocycles. The number of hydrogen-bond donors (Lipinski definition) is 1. The van der Waals surface area contributed by atoms with Gasteiger partial charge in [0.05, 0.1) is 5.01 Å². The third-order valence-electron chi connectivity index (χ3n) is 4.76. The highest BCUT2D eigenvalue weighted by atomic mass is 32.1. The number of aliphatic imine (C=N–C) groups is 1. The monoisotopic (exact) mass is 407 g/mol. The molecule has 1 aliphatic heterocycles. The van der Waals surface area contributed by atoms with Gasteiger partial charge in [0.25, 0.3) is 0 Å². The van der Waals surface area contributed by atoms with Crippen molar-refractivity contribution in [3.63, 3.8) is 0 Å². The van der Waals surface area contributed by atoms with Crippen molar-refractivity contribution in [2.45, 2.75) is 44.8 Å². The number of nitrogens with zero attached hydrogens (tertiary/aromatic N) is 2. The van der Waals surface area contributed by atoms with Crippen LogP contribution in [0.25, 0.3) is 0 Å². The average Bonchev–Trinajstić information content (AvgIpc) is 3.01. The zero-order chi connectivity index (χ0) is 20.7. The van der Waals surface area contributed by atoms with E-state index in [1.165, 1.54) is 37.3 Å². The van der Waals surface area contributed by atoms with Crippen LogP contribution >= 0.6 is 11.3 Å². The maximum absolute atomic E-state index is 15.4. The van der Waals surface area contributed by atoms with E-state index in [-0.39, 0.29) is 18.0 Å². The van der Waals surface area contributed by atoms with E-state index < -0.39 is 22.9 Å². The summed E-state index contributed by atoms with van der Waals surface area (Å²) in [7, 11) is 0. The predicted molar refractivity (Wildman–Crippen MR) is 103 cm³/mol. The number of hydrogen-bond acceptors (Lipinski definition) is 5. The van der Waals surface area contributed by atoms with Crippen LogP contribution in [0.1, 0.15) is 42.6 Å². The number of alkyl halides is 2. The van der Waals surface area contributed by atoms with E-state index in [1.807, 2.05) is 6.92 Å². The minimum atomic E-state index is -3.54. The molecule has 0 radical (unpaired) electrons. The van der Waals surface area contributed by atoms with Crippen molar-refractivity contribution in [2.24, 2.45) is 10.7 Å². The lowest BCUT2D eigenvalue weighted by atomic mass is 9.77. The quantitative estimate of drug-likeness (QED) is 0.727. The summed E-state index contributed by atoms with van der Waals surface area (Å²) in [6, 6.07) is 3.82. The van der Waals surface area contributed by atoms with Crippen molar-refractivity contribution in [1.82, 2.24) is 4.98 Å². The number of nitrogens with two attached hydrogens (primary N) is 1. The predicted octanol–water partition coefficient (Wildman–Crippen LogP) is 4.01. The van der Waals surface area contributed by atoms with E-state index in [1.54, 1.807) is 5.38 Å². The van der Waals surface area contributed by atoms with Gasteiger partial charge in [-0.25, -0.2) is 18.2 Å². The number of benzene rings is 1. The molecule has 2 aromatic rings. The molecule has 4 nitrogen and oxygen atoms in total. The second-order valence-corrected chi connectivity index (χ2v) is 8.31. The smallest absolute Gasteiger partial charge is 0.304 e. The minimum absolute atomic E-state index is 0.124. The van der Waals surface area contributed by atoms with Crippen molar-refractivity contribution in [3.05, 3.63) is 51.2 Å². The lowest BCUT2D eigenvalue weighted by Gasteiger charge is -2.41. The average molecular weight is 407 g/mol. The minimum Gasteiger partial charge on any atom is -0.385 e. The molecule has 28 heavy (non-hydrogen) atoms. The molecule has 0 bridgehead atoms. The van der Waals surface area contributed by atoms with E-state index in [2.05, 4.69) is 21.8 Å². The molecule has 1 aromatic carbocycles. The lowest BCUT2D eigenvalue weighted by Crippen LogP contribution is -2.56. The summed E-state index contributed by atoms with van der Waals surface area (Å²) in [6.45, 7) is 5.24. The molecule has 1 unspecified atom stereocenters. The van der Waals surface area contributed by atoms with Crippen molar-refractivity contribution in [1.29, 1.82) is 0 Å². The third-order valence-corrected chi connectivity index (χ3v) is 5.53. The number of amidine groups is 1. The van der Waals surface area contributed by atoms with Gasteiger partial charge in [-0.3, -0.25) is 4.99 Å². The zero-order valence-corrected chi connectivity index (χ0v) is 16.8. The first-order valence-electron chi connectivity index (χ1n) is 8.56. The molecule has 2 heterocycles. The largest absolute Gasteiger partial charge is 0.385 e. The Balaban J connectivity index is 2.13. The Morgan fingerprint density at radius 1 is 1.21 bits per heavy atom. The summed E-state index contributed by atoms with van der Waals surface area (Å²) >= 11 is 1.45. The fourth-order valence-corrected chi connectivity index (χ4v) is 3.63. The zero-order valence-electron chi connectivity index (χ0n) is 15.9. The Labute approximate surface area is 165 Å². The van der Waals surface area contributed by atoms with Gasteiger partial charge in [0.1, 0.15) is 29.6 Å². The fraction of sp³-hybridized carbons (Fsp3) is 0.400. The van der Waals surface area contributed by atoms with Crippen molar-refractivity contribution < 1.29 is 17.9 Å². The van der Waals surface area contributed by atoms with E-state index in [0.29, 0.717) is 11.3 Å². The first-order valence-corrected chi connectivity index (χ1v) is 9.44. The van der Waals surface area contributed by atoms with E-state index in [9.17, 15) is 4.39 Å². The molecule has 148 valence electrons. The molecule has 8 heteroatoms. The summed E-state index contributed by atoms with van der Waals surface area (Å²) in [5.41, 5.74) is 2.24. The molecule has 0 saturated carbocycles. The Hall–Kier alpha value is -2.37. The number of halogens is 3. The van der Waals surface area contributed by atoms with E-state index >= 15 is 8.78 Å². The van der Waals surface area contributed by atoms with Crippen LogP contribution in [-0.2, 0) is 10.3 Å². The van der Waals surface area contributed by atoms with Crippen LogP contribution in [0.2, 0.25) is 0 Å². The molecular weight excluding hydrogens is 387 g/mol. The van der Waals surface area contributed by atoms with Gasteiger partial charge in [-0.2, -0.15) is 0 Å². The summed E-state index contributed by atoms with van der Waals surface area (Å²) in [5, 5.41) is 2.65. The Bertz CT molecular complexity index is 1000.